The van der Waals surface area contributed by atoms with Crippen LogP contribution in [0.3, 0.4) is 0 Å². The quantitative estimate of drug-likeness (QED) is 0.780. The Bertz CT molecular complexity index is 365. The summed E-state index contributed by atoms with van der Waals surface area (Å²) >= 11 is 0. The average molecular weight is 238 g/mol. The molecule has 0 bridgehead atoms. The van der Waals surface area contributed by atoms with Crippen molar-refractivity contribution in [3.8, 4) is 5.88 Å². The van der Waals surface area contributed by atoms with Crippen LogP contribution in [0.5, 0.6) is 5.88 Å². The molecule has 1 rings (SSSR count). The second-order valence-corrected chi connectivity index (χ2v) is 3.54. The molecule has 5 nitrogen and oxygen atoms in total. The SMILES string of the molecule is CCN(CC)CCOc1ncccc1C(=O)O. The zero-order valence-corrected chi connectivity index (χ0v) is 10.2. The lowest BCUT2D eigenvalue weighted by Crippen LogP contribution is -2.28. The second kappa shape index (κ2) is 6.85. The molecule has 1 aromatic rings. The highest BCUT2D eigenvalue weighted by Crippen LogP contribution is 2.13. The van der Waals surface area contributed by atoms with Crippen LogP contribution < -0.4 is 4.74 Å². The van der Waals surface area contributed by atoms with Crippen LogP contribution >= 0.6 is 0 Å². The Morgan fingerprint density at radius 3 is 2.76 bits per heavy atom. The van der Waals surface area contributed by atoms with Crippen molar-refractivity contribution in [1.29, 1.82) is 0 Å². The number of hydrogen-bond acceptors (Lipinski definition) is 4. The van der Waals surface area contributed by atoms with Crippen LogP contribution in [0.15, 0.2) is 18.3 Å². The van der Waals surface area contributed by atoms with Crippen LogP contribution in [0.4, 0.5) is 0 Å². The highest BCUT2D eigenvalue weighted by molar-refractivity contribution is 5.90. The number of carbonyl (C=O) groups is 1. The number of carboxylic acids is 1. The average Bonchev–Trinajstić information content (AvgIpc) is 2.35. The van der Waals surface area contributed by atoms with Gasteiger partial charge in [0.25, 0.3) is 0 Å². The minimum atomic E-state index is -1.02. The Morgan fingerprint density at radius 2 is 2.18 bits per heavy atom. The molecule has 0 saturated heterocycles. The van der Waals surface area contributed by atoms with Gasteiger partial charge in [0.2, 0.25) is 5.88 Å². The predicted molar refractivity (Wildman–Crippen MR) is 64.5 cm³/mol. The van der Waals surface area contributed by atoms with Crippen molar-refractivity contribution in [2.75, 3.05) is 26.2 Å². The fourth-order valence-corrected chi connectivity index (χ4v) is 1.48. The van der Waals surface area contributed by atoms with Crippen molar-refractivity contribution in [2.24, 2.45) is 0 Å². The topological polar surface area (TPSA) is 62.7 Å². The number of aromatic carboxylic acids is 1. The first-order chi connectivity index (χ1) is 8.19. The molecule has 1 aromatic heterocycles. The molecule has 0 aliphatic carbocycles. The number of likely N-dealkylation sites (N-methyl/N-ethyl adjacent to an activating group) is 1. The summed E-state index contributed by atoms with van der Waals surface area (Å²) in [6.07, 6.45) is 1.53. The molecule has 0 fully saturated rings. The lowest BCUT2D eigenvalue weighted by atomic mass is 10.3. The fraction of sp³-hybridized carbons (Fsp3) is 0.500. The number of nitrogens with zero attached hydrogens (tertiary/aromatic N) is 2. The highest BCUT2D eigenvalue weighted by Gasteiger charge is 2.11. The molecule has 17 heavy (non-hydrogen) atoms. The number of pyridine rings is 1. The normalized spacial score (nSPS) is 10.5. The van der Waals surface area contributed by atoms with Gasteiger partial charge in [0.1, 0.15) is 12.2 Å². The first kappa shape index (κ1) is 13.4. The molecular weight excluding hydrogens is 220 g/mol. The minimum Gasteiger partial charge on any atom is -0.477 e. The van der Waals surface area contributed by atoms with E-state index in [1.807, 2.05) is 0 Å². The smallest absolute Gasteiger partial charge is 0.341 e. The van der Waals surface area contributed by atoms with E-state index in [1.165, 1.54) is 12.3 Å². The standard InChI is InChI=1S/C12H18N2O3/c1-3-14(4-2)8-9-17-11-10(12(15)16)6-5-7-13-11/h5-7H,3-4,8-9H2,1-2H3,(H,15,16). The van der Waals surface area contributed by atoms with E-state index in [4.69, 9.17) is 9.84 Å². The Balaban J connectivity index is 2.54. The molecule has 0 radical (unpaired) electrons. The third-order valence-electron chi connectivity index (χ3n) is 2.54. The third-order valence-corrected chi connectivity index (χ3v) is 2.54. The Labute approximate surface area is 101 Å². The van der Waals surface area contributed by atoms with Gasteiger partial charge in [0.15, 0.2) is 0 Å². The van der Waals surface area contributed by atoms with E-state index < -0.39 is 5.97 Å². The van der Waals surface area contributed by atoms with Crippen LogP contribution in [-0.2, 0) is 0 Å². The van der Waals surface area contributed by atoms with Crippen molar-refractivity contribution in [3.05, 3.63) is 23.9 Å². The molecular formula is C12H18N2O3. The summed E-state index contributed by atoms with van der Waals surface area (Å²) in [5, 5.41) is 8.94. The maximum atomic E-state index is 10.9. The molecule has 1 heterocycles. The first-order valence-corrected chi connectivity index (χ1v) is 5.72. The molecule has 1 N–H and O–H groups in total. The first-order valence-electron chi connectivity index (χ1n) is 5.72. The Kier molecular flexibility index (Phi) is 5.42. The van der Waals surface area contributed by atoms with Crippen LogP contribution in [0.2, 0.25) is 0 Å². The maximum Gasteiger partial charge on any atom is 0.341 e. The monoisotopic (exact) mass is 238 g/mol. The van der Waals surface area contributed by atoms with E-state index in [0.717, 1.165) is 19.6 Å². The second-order valence-electron chi connectivity index (χ2n) is 3.54. The van der Waals surface area contributed by atoms with Crippen molar-refractivity contribution >= 4 is 5.97 Å². The van der Waals surface area contributed by atoms with Gasteiger partial charge in [-0.2, -0.15) is 0 Å². The van der Waals surface area contributed by atoms with Gasteiger partial charge in [-0.3, -0.25) is 0 Å². The van der Waals surface area contributed by atoms with Crippen molar-refractivity contribution < 1.29 is 14.6 Å². The van der Waals surface area contributed by atoms with Gasteiger partial charge in [-0.15, -0.1) is 0 Å². The van der Waals surface area contributed by atoms with Crippen molar-refractivity contribution in [1.82, 2.24) is 9.88 Å². The van der Waals surface area contributed by atoms with E-state index in [2.05, 4.69) is 23.7 Å². The number of ether oxygens (including phenoxy) is 1. The van der Waals surface area contributed by atoms with Gasteiger partial charge in [-0.05, 0) is 25.2 Å². The molecule has 0 unspecified atom stereocenters. The van der Waals surface area contributed by atoms with Crippen molar-refractivity contribution in [2.45, 2.75) is 13.8 Å². The zero-order valence-electron chi connectivity index (χ0n) is 10.2. The summed E-state index contributed by atoms with van der Waals surface area (Å²) in [5.41, 5.74) is 0.104. The van der Waals surface area contributed by atoms with E-state index in [-0.39, 0.29) is 11.4 Å². The molecule has 0 atom stereocenters. The van der Waals surface area contributed by atoms with Crippen LogP contribution in [0.25, 0.3) is 0 Å². The zero-order chi connectivity index (χ0) is 12.7. The lowest BCUT2D eigenvalue weighted by Gasteiger charge is -2.17. The Hall–Kier alpha value is -1.62. The van der Waals surface area contributed by atoms with Gasteiger partial charge >= 0.3 is 5.97 Å². The van der Waals surface area contributed by atoms with E-state index in [9.17, 15) is 4.79 Å². The van der Waals surface area contributed by atoms with Gasteiger partial charge in [0, 0.05) is 12.7 Å². The molecule has 94 valence electrons. The lowest BCUT2D eigenvalue weighted by molar-refractivity contribution is 0.0690. The van der Waals surface area contributed by atoms with Crippen molar-refractivity contribution in [3.63, 3.8) is 0 Å². The summed E-state index contributed by atoms with van der Waals surface area (Å²) in [5.74, 6) is -0.830. The van der Waals surface area contributed by atoms with Crippen LogP contribution in [0.1, 0.15) is 24.2 Å². The molecule has 0 saturated carbocycles. The number of carboxylic acid groups (broad SMARTS) is 1. The van der Waals surface area contributed by atoms with E-state index >= 15 is 0 Å². The molecule has 0 spiro atoms. The third kappa shape index (κ3) is 4.03. The number of hydrogen-bond donors (Lipinski definition) is 1. The number of aromatic nitrogens is 1. The highest BCUT2D eigenvalue weighted by atomic mass is 16.5. The summed E-state index contributed by atoms with van der Waals surface area (Å²) in [7, 11) is 0. The number of rotatable bonds is 7. The largest absolute Gasteiger partial charge is 0.477 e. The summed E-state index contributed by atoms with van der Waals surface area (Å²) < 4.78 is 5.40. The van der Waals surface area contributed by atoms with Gasteiger partial charge < -0.3 is 14.7 Å². The molecule has 0 amide bonds. The summed E-state index contributed by atoms with van der Waals surface area (Å²) in [6.45, 7) is 7.27. The van der Waals surface area contributed by atoms with E-state index in [1.54, 1.807) is 6.07 Å². The summed E-state index contributed by atoms with van der Waals surface area (Å²) in [4.78, 5) is 17.0. The van der Waals surface area contributed by atoms with Crippen LogP contribution in [0, 0.1) is 0 Å². The summed E-state index contributed by atoms with van der Waals surface area (Å²) in [6, 6.07) is 3.07. The maximum absolute atomic E-state index is 10.9. The Morgan fingerprint density at radius 1 is 1.47 bits per heavy atom. The molecule has 0 aromatic carbocycles. The minimum absolute atomic E-state index is 0.104. The fourth-order valence-electron chi connectivity index (χ4n) is 1.48. The predicted octanol–water partition coefficient (Wildman–Crippen LogP) is 1.50. The van der Waals surface area contributed by atoms with Crippen LogP contribution in [-0.4, -0.2) is 47.2 Å². The van der Waals surface area contributed by atoms with Gasteiger partial charge in [-0.1, -0.05) is 13.8 Å². The molecule has 0 aliphatic heterocycles. The molecule has 5 heteroatoms. The van der Waals surface area contributed by atoms with Gasteiger partial charge in [-0.25, -0.2) is 9.78 Å². The van der Waals surface area contributed by atoms with Gasteiger partial charge in [0.05, 0.1) is 0 Å². The van der Waals surface area contributed by atoms with E-state index in [0.29, 0.717) is 6.61 Å². The molecule has 0 aliphatic rings.